The van der Waals surface area contributed by atoms with Crippen molar-refractivity contribution < 1.29 is 4.42 Å². The van der Waals surface area contributed by atoms with Crippen molar-refractivity contribution in [1.82, 2.24) is 15.0 Å². The summed E-state index contributed by atoms with van der Waals surface area (Å²) in [7, 11) is 0. The Labute approximate surface area is 271 Å². The standard InChI is InChI=1S/C43H27N3O/c1-2-10-29(11-3-1)43-45-39(32-18-19-42-38(25-32)37-14-6-7-15-41(37)47-42)26-40(46-43)36-23-34(22-35(24-36)33-13-8-20-44-27-33)31-17-16-28-9-4-5-12-30(28)21-31/h1-27H. The van der Waals surface area contributed by atoms with E-state index in [9.17, 15) is 0 Å². The molecule has 0 saturated heterocycles. The second kappa shape index (κ2) is 11.2. The molecular formula is C43H27N3O. The summed E-state index contributed by atoms with van der Waals surface area (Å²) in [5.74, 6) is 0.675. The molecule has 0 amide bonds. The fourth-order valence-electron chi connectivity index (χ4n) is 6.36. The van der Waals surface area contributed by atoms with Crippen LogP contribution in [0.3, 0.4) is 0 Å². The molecule has 0 aliphatic rings. The molecule has 0 spiro atoms. The molecule has 9 aromatic rings. The molecule has 4 heteroatoms. The summed E-state index contributed by atoms with van der Waals surface area (Å²) in [5.41, 5.74) is 10.8. The fraction of sp³-hybridized carbons (Fsp3) is 0. The quantitative estimate of drug-likeness (QED) is 0.197. The third-order valence-electron chi connectivity index (χ3n) is 8.74. The van der Waals surface area contributed by atoms with Gasteiger partial charge in [-0.15, -0.1) is 0 Å². The molecule has 220 valence electrons. The Morgan fingerprint density at radius 3 is 1.91 bits per heavy atom. The fourth-order valence-corrected chi connectivity index (χ4v) is 6.36. The average molecular weight is 602 g/mol. The molecule has 0 aliphatic carbocycles. The monoisotopic (exact) mass is 601 g/mol. The summed E-state index contributed by atoms with van der Waals surface area (Å²) in [4.78, 5) is 14.7. The van der Waals surface area contributed by atoms with Crippen molar-refractivity contribution in [2.24, 2.45) is 0 Å². The van der Waals surface area contributed by atoms with Gasteiger partial charge in [0.15, 0.2) is 5.82 Å². The topological polar surface area (TPSA) is 51.8 Å². The molecule has 3 aromatic heterocycles. The first-order valence-corrected chi connectivity index (χ1v) is 15.7. The molecule has 4 nitrogen and oxygen atoms in total. The molecule has 47 heavy (non-hydrogen) atoms. The number of rotatable bonds is 5. The van der Waals surface area contributed by atoms with Crippen molar-refractivity contribution in [2.75, 3.05) is 0 Å². The van der Waals surface area contributed by atoms with Crippen molar-refractivity contribution in [3.05, 3.63) is 164 Å². The van der Waals surface area contributed by atoms with Crippen molar-refractivity contribution in [2.45, 2.75) is 0 Å². The van der Waals surface area contributed by atoms with E-state index in [2.05, 4.69) is 108 Å². The van der Waals surface area contributed by atoms with E-state index in [1.807, 2.05) is 54.7 Å². The van der Waals surface area contributed by atoms with Crippen LogP contribution in [0.4, 0.5) is 0 Å². The predicted octanol–water partition coefficient (Wildman–Crippen LogP) is 11.3. The lowest BCUT2D eigenvalue weighted by molar-refractivity contribution is 0.669. The first-order valence-electron chi connectivity index (χ1n) is 15.7. The number of hydrogen-bond donors (Lipinski definition) is 0. The SMILES string of the molecule is c1ccc(-c2nc(-c3cc(-c4cccnc4)cc(-c4ccc5ccccc5c4)c3)cc(-c3ccc4oc5ccccc5c4c3)n2)cc1. The van der Waals surface area contributed by atoms with E-state index in [-0.39, 0.29) is 0 Å². The van der Waals surface area contributed by atoms with E-state index >= 15 is 0 Å². The van der Waals surface area contributed by atoms with Gasteiger partial charge in [0.05, 0.1) is 11.4 Å². The zero-order valence-corrected chi connectivity index (χ0v) is 25.3. The maximum absolute atomic E-state index is 6.13. The van der Waals surface area contributed by atoms with Crippen LogP contribution in [0.15, 0.2) is 168 Å². The smallest absolute Gasteiger partial charge is 0.160 e. The molecule has 0 aliphatic heterocycles. The van der Waals surface area contributed by atoms with Gasteiger partial charge in [-0.1, -0.05) is 91.0 Å². The second-order valence-electron chi connectivity index (χ2n) is 11.7. The zero-order valence-electron chi connectivity index (χ0n) is 25.3. The Morgan fingerprint density at radius 2 is 1.06 bits per heavy atom. The summed E-state index contributed by atoms with van der Waals surface area (Å²) in [6, 6.07) is 52.6. The first-order chi connectivity index (χ1) is 23.2. The van der Waals surface area contributed by atoms with Gasteiger partial charge in [0, 0.05) is 45.4 Å². The van der Waals surface area contributed by atoms with Crippen LogP contribution < -0.4 is 0 Å². The summed E-state index contributed by atoms with van der Waals surface area (Å²) < 4.78 is 6.13. The lowest BCUT2D eigenvalue weighted by atomic mass is 9.94. The highest BCUT2D eigenvalue weighted by Crippen LogP contribution is 2.37. The van der Waals surface area contributed by atoms with Gasteiger partial charge in [-0.2, -0.15) is 0 Å². The van der Waals surface area contributed by atoms with Gasteiger partial charge in [-0.3, -0.25) is 4.98 Å². The number of benzene rings is 6. The minimum atomic E-state index is 0.675. The molecule has 0 atom stereocenters. The molecule has 0 saturated carbocycles. The second-order valence-corrected chi connectivity index (χ2v) is 11.7. The van der Waals surface area contributed by atoms with Crippen LogP contribution in [0, 0.1) is 0 Å². The highest BCUT2D eigenvalue weighted by molar-refractivity contribution is 6.06. The molecule has 9 rings (SSSR count). The molecule has 3 heterocycles. The highest BCUT2D eigenvalue weighted by atomic mass is 16.3. The summed E-state index contributed by atoms with van der Waals surface area (Å²) in [6.45, 7) is 0. The normalized spacial score (nSPS) is 11.4. The van der Waals surface area contributed by atoms with Gasteiger partial charge in [0.1, 0.15) is 11.2 Å². The number of nitrogens with zero attached hydrogens (tertiary/aromatic N) is 3. The van der Waals surface area contributed by atoms with Gasteiger partial charge in [0.25, 0.3) is 0 Å². The Morgan fingerprint density at radius 1 is 0.383 bits per heavy atom. The van der Waals surface area contributed by atoms with Gasteiger partial charge < -0.3 is 4.42 Å². The van der Waals surface area contributed by atoms with E-state index in [0.29, 0.717) is 5.82 Å². The van der Waals surface area contributed by atoms with E-state index in [0.717, 1.165) is 72.3 Å². The van der Waals surface area contributed by atoms with Crippen LogP contribution in [0.25, 0.3) is 88.9 Å². The number of hydrogen-bond acceptors (Lipinski definition) is 4. The molecule has 0 N–H and O–H groups in total. The average Bonchev–Trinajstić information content (AvgIpc) is 3.53. The first kappa shape index (κ1) is 27.0. The van der Waals surface area contributed by atoms with Crippen LogP contribution >= 0.6 is 0 Å². The van der Waals surface area contributed by atoms with E-state index in [4.69, 9.17) is 14.4 Å². The molecule has 0 bridgehead atoms. The minimum absolute atomic E-state index is 0.675. The molecule has 0 unspecified atom stereocenters. The molecule has 0 fully saturated rings. The maximum atomic E-state index is 6.13. The Kier molecular flexibility index (Phi) is 6.43. The minimum Gasteiger partial charge on any atom is -0.456 e. The summed E-state index contributed by atoms with van der Waals surface area (Å²) in [6.07, 6.45) is 3.72. The molecule has 0 radical (unpaired) electrons. The Hall–Kier alpha value is -6.39. The lowest BCUT2D eigenvalue weighted by Gasteiger charge is -2.13. The van der Waals surface area contributed by atoms with Crippen LogP contribution in [-0.2, 0) is 0 Å². The van der Waals surface area contributed by atoms with Crippen LogP contribution in [-0.4, -0.2) is 15.0 Å². The zero-order chi connectivity index (χ0) is 31.2. The largest absolute Gasteiger partial charge is 0.456 e. The van der Waals surface area contributed by atoms with E-state index < -0.39 is 0 Å². The van der Waals surface area contributed by atoms with Crippen molar-refractivity contribution in [1.29, 1.82) is 0 Å². The third kappa shape index (κ3) is 5.02. The number of fused-ring (bicyclic) bond motifs is 4. The van der Waals surface area contributed by atoms with Gasteiger partial charge in [-0.25, -0.2) is 9.97 Å². The van der Waals surface area contributed by atoms with Crippen LogP contribution in [0.5, 0.6) is 0 Å². The molecule has 6 aromatic carbocycles. The van der Waals surface area contributed by atoms with Crippen molar-refractivity contribution in [3.63, 3.8) is 0 Å². The number of pyridine rings is 1. The number of aromatic nitrogens is 3. The Balaban J connectivity index is 1.26. The van der Waals surface area contributed by atoms with Crippen LogP contribution in [0.1, 0.15) is 0 Å². The predicted molar refractivity (Wildman–Crippen MR) is 192 cm³/mol. The van der Waals surface area contributed by atoms with Crippen molar-refractivity contribution in [3.8, 4) is 56.2 Å². The van der Waals surface area contributed by atoms with Gasteiger partial charge in [-0.05, 0) is 88.1 Å². The van der Waals surface area contributed by atoms with Gasteiger partial charge >= 0.3 is 0 Å². The highest BCUT2D eigenvalue weighted by Gasteiger charge is 2.15. The van der Waals surface area contributed by atoms with E-state index in [1.165, 1.54) is 10.8 Å². The Bertz CT molecular complexity index is 2570. The summed E-state index contributed by atoms with van der Waals surface area (Å²) in [5, 5.41) is 4.58. The lowest BCUT2D eigenvalue weighted by Crippen LogP contribution is -1.96. The summed E-state index contributed by atoms with van der Waals surface area (Å²) >= 11 is 0. The number of furan rings is 1. The molecular weight excluding hydrogens is 574 g/mol. The van der Waals surface area contributed by atoms with Crippen molar-refractivity contribution >= 4 is 32.7 Å². The maximum Gasteiger partial charge on any atom is 0.160 e. The number of para-hydroxylation sites is 1. The van der Waals surface area contributed by atoms with E-state index in [1.54, 1.807) is 6.20 Å². The van der Waals surface area contributed by atoms with Gasteiger partial charge in [0.2, 0.25) is 0 Å². The third-order valence-corrected chi connectivity index (χ3v) is 8.74. The van der Waals surface area contributed by atoms with Crippen LogP contribution in [0.2, 0.25) is 0 Å².